The van der Waals surface area contributed by atoms with Gasteiger partial charge in [-0.25, -0.2) is 0 Å². The fourth-order valence-corrected chi connectivity index (χ4v) is 2.76. The molecule has 0 radical (unpaired) electrons. The van der Waals surface area contributed by atoms with E-state index in [9.17, 15) is 4.79 Å². The molecule has 1 aliphatic rings. The molecule has 1 atom stereocenters. The van der Waals surface area contributed by atoms with Crippen molar-refractivity contribution < 1.29 is 9.53 Å². The molecule has 0 aromatic heterocycles. The summed E-state index contributed by atoms with van der Waals surface area (Å²) in [5.74, 6) is -0.157. The molecule has 118 valence electrons. The first kappa shape index (κ1) is 17.4. The molecule has 5 nitrogen and oxygen atoms in total. The van der Waals surface area contributed by atoms with Gasteiger partial charge in [-0.15, -0.1) is 0 Å². The molecule has 1 unspecified atom stereocenters. The second kappa shape index (κ2) is 8.60. The number of esters is 1. The van der Waals surface area contributed by atoms with E-state index in [4.69, 9.17) is 4.74 Å². The number of hydrogen-bond donors (Lipinski definition) is 1. The smallest absolute Gasteiger partial charge is 0.322 e. The second-order valence-corrected chi connectivity index (χ2v) is 6.20. The topological polar surface area (TPSA) is 44.8 Å². The van der Waals surface area contributed by atoms with Gasteiger partial charge in [-0.1, -0.05) is 13.8 Å². The van der Waals surface area contributed by atoms with Crippen LogP contribution in [0.15, 0.2) is 0 Å². The fraction of sp³-hybridized carbons (Fsp3) is 0.933. The van der Waals surface area contributed by atoms with E-state index in [1.807, 2.05) is 0 Å². The molecule has 1 aliphatic heterocycles. The van der Waals surface area contributed by atoms with E-state index in [0.717, 1.165) is 13.0 Å². The number of hydrogen-bond acceptors (Lipinski definition) is 5. The number of carbonyl (C=O) groups excluding carboxylic acids is 1. The van der Waals surface area contributed by atoms with Gasteiger partial charge in [0.05, 0.1) is 7.11 Å². The van der Waals surface area contributed by atoms with Crippen molar-refractivity contribution in [2.45, 2.75) is 51.2 Å². The molecule has 0 bridgehead atoms. The van der Waals surface area contributed by atoms with Crippen LogP contribution in [0.4, 0.5) is 0 Å². The highest BCUT2D eigenvalue weighted by molar-refractivity contribution is 5.75. The molecule has 0 amide bonds. The SMILES string of the molecule is COC(=O)C(CCN(C)C1CCN(C)CC1)NC(C)C. The lowest BCUT2D eigenvalue weighted by Gasteiger charge is -2.35. The highest BCUT2D eigenvalue weighted by atomic mass is 16.5. The van der Waals surface area contributed by atoms with Gasteiger partial charge in [-0.3, -0.25) is 4.79 Å². The van der Waals surface area contributed by atoms with E-state index >= 15 is 0 Å². The molecule has 1 N–H and O–H groups in total. The van der Waals surface area contributed by atoms with Crippen LogP contribution in [0.1, 0.15) is 33.1 Å². The Morgan fingerprint density at radius 2 is 2.00 bits per heavy atom. The Labute approximate surface area is 123 Å². The Bertz CT molecular complexity index is 289. The predicted octanol–water partition coefficient (Wildman–Crippen LogP) is 0.942. The van der Waals surface area contributed by atoms with Crippen molar-refractivity contribution in [2.75, 3.05) is 40.8 Å². The van der Waals surface area contributed by atoms with Crippen molar-refractivity contribution in [1.29, 1.82) is 0 Å². The number of likely N-dealkylation sites (tertiary alicyclic amines) is 1. The predicted molar refractivity (Wildman–Crippen MR) is 81.8 cm³/mol. The van der Waals surface area contributed by atoms with Crippen molar-refractivity contribution in [1.82, 2.24) is 15.1 Å². The quantitative estimate of drug-likeness (QED) is 0.705. The number of nitrogens with zero attached hydrogens (tertiary/aromatic N) is 2. The fourth-order valence-electron chi connectivity index (χ4n) is 2.76. The van der Waals surface area contributed by atoms with Crippen LogP contribution in [0.3, 0.4) is 0 Å². The summed E-state index contributed by atoms with van der Waals surface area (Å²) in [6.45, 7) is 7.36. The Kier molecular flexibility index (Phi) is 7.48. The molecular formula is C15H31N3O2. The first-order valence-corrected chi connectivity index (χ1v) is 7.66. The van der Waals surface area contributed by atoms with Gasteiger partial charge in [0.2, 0.25) is 0 Å². The average Bonchev–Trinajstić information content (AvgIpc) is 2.42. The summed E-state index contributed by atoms with van der Waals surface area (Å²) in [4.78, 5) is 16.5. The highest BCUT2D eigenvalue weighted by Crippen LogP contribution is 2.14. The van der Waals surface area contributed by atoms with Gasteiger partial charge in [0, 0.05) is 18.6 Å². The van der Waals surface area contributed by atoms with E-state index in [2.05, 4.69) is 43.1 Å². The van der Waals surface area contributed by atoms with Crippen LogP contribution < -0.4 is 5.32 Å². The molecule has 0 aromatic rings. The first-order chi connectivity index (χ1) is 9.43. The summed E-state index contributed by atoms with van der Waals surface area (Å²) in [5.41, 5.74) is 0. The number of rotatable bonds is 7. The average molecular weight is 285 g/mol. The number of ether oxygens (including phenoxy) is 1. The Hall–Kier alpha value is -0.650. The highest BCUT2D eigenvalue weighted by Gasteiger charge is 2.24. The van der Waals surface area contributed by atoms with Crippen LogP contribution in [-0.2, 0) is 9.53 Å². The molecule has 1 rings (SSSR count). The largest absolute Gasteiger partial charge is 0.468 e. The summed E-state index contributed by atoms with van der Waals surface area (Å²) in [5, 5.41) is 3.29. The van der Waals surface area contributed by atoms with Crippen molar-refractivity contribution in [2.24, 2.45) is 0 Å². The van der Waals surface area contributed by atoms with Gasteiger partial charge in [-0.05, 0) is 46.4 Å². The lowest BCUT2D eigenvalue weighted by Crippen LogP contribution is -2.46. The van der Waals surface area contributed by atoms with Crippen LogP contribution in [-0.4, -0.2) is 74.7 Å². The molecule has 1 heterocycles. The van der Waals surface area contributed by atoms with E-state index in [1.54, 1.807) is 0 Å². The molecule has 0 aromatic carbocycles. The lowest BCUT2D eigenvalue weighted by atomic mass is 10.0. The molecule has 0 saturated carbocycles. The zero-order chi connectivity index (χ0) is 15.1. The maximum atomic E-state index is 11.8. The van der Waals surface area contributed by atoms with Gasteiger partial charge in [0.15, 0.2) is 0 Å². The molecule has 5 heteroatoms. The van der Waals surface area contributed by atoms with E-state index in [0.29, 0.717) is 6.04 Å². The van der Waals surface area contributed by atoms with Gasteiger partial charge < -0.3 is 19.9 Å². The van der Waals surface area contributed by atoms with Gasteiger partial charge in [0.25, 0.3) is 0 Å². The molecular weight excluding hydrogens is 254 g/mol. The van der Waals surface area contributed by atoms with Gasteiger partial charge in [-0.2, -0.15) is 0 Å². The summed E-state index contributed by atoms with van der Waals surface area (Å²) in [6, 6.07) is 0.727. The maximum Gasteiger partial charge on any atom is 0.322 e. The molecule has 20 heavy (non-hydrogen) atoms. The summed E-state index contributed by atoms with van der Waals surface area (Å²) >= 11 is 0. The number of methoxy groups -OCH3 is 1. The molecule has 1 saturated heterocycles. The van der Waals surface area contributed by atoms with E-state index < -0.39 is 0 Å². The zero-order valence-electron chi connectivity index (χ0n) is 13.7. The summed E-state index contributed by atoms with van der Waals surface area (Å²) in [6.07, 6.45) is 3.23. The lowest BCUT2D eigenvalue weighted by molar-refractivity contribution is -0.143. The van der Waals surface area contributed by atoms with Gasteiger partial charge in [0.1, 0.15) is 6.04 Å². The van der Waals surface area contributed by atoms with Crippen LogP contribution in [0.2, 0.25) is 0 Å². The molecule has 0 aliphatic carbocycles. The minimum absolute atomic E-state index is 0.157. The summed E-state index contributed by atoms with van der Waals surface area (Å²) < 4.78 is 4.88. The number of piperidine rings is 1. The molecule has 0 spiro atoms. The Morgan fingerprint density at radius 1 is 1.40 bits per heavy atom. The minimum atomic E-state index is -0.200. The third-order valence-electron chi connectivity index (χ3n) is 4.10. The van der Waals surface area contributed by atoms with Crippen molar-refractivity contribution in [3.63, 3.8) is 0 Å². The standard InChI is InChI=1S/C15H31N3O2/c1-12(2)16-14(15(19)20-5)8-11-18(4)13-6-9-17(3)10-7-13/h12-14,16H,6-11H2,1-5H3. The number of carbonyl (C=O) groups is 1. The maximum absolute atomic E-state index is 11.8. The van der Waals surface area contributed by atoms with Crippen LogP contribution >= 0.6 is 0 Å². The molecule has 1 fully saturated rings. The van der Waals surface area contributed by atoms with E-state index in [-0.39, 0.29) is 18.1 Å². The Balaban J connectivity index is 2.39. The van der Waals surface area contributed by atoms with Crippen LogP contribution in [0, 0.1) is 0 Å². The van der Waals surface area contributed by atoms with Crippen molar-refractivity contribution in [3.05, 3.63) is 0 Å². The van der Waals surface area contributed by atoms with E-state index in [1.165, 1.54) is 33.0 Å². The first-order valence-electron chi connectivity index (χ1n) is 7.66. The Morgan fingerprint density at radius 3 is 2.50 bits per heavy atom. The van der Waals surface area contributed by atoms with Gasteiger partial charge >= 0.3 is 5.97 Å². The number of nitrogens with one attached hydrogen (secondary N) is 1. The minimum Gasteiger partial charge on any atom is -0.468 e. The normalized spacial score (nSPS) is 19.6. The summed E-state index contributed by atoms with van der Waals surface area (Å²) in [7, 11) is 5.80. The third-order valence-corrected chi connectivity index (χ3v) is 4.10. The monoisotopic (exact) mass is 285 g/mol. The second-order valence-electron chi connectivity index (χ2n) is 6.20. The van der Waals surface area contributed by atoms with Crippen LogP contribution in [0.25, 0.3) is 0 Å². The van der Waals surface area contributed by atoms with Crippen LogP contribution in [0.5, 0.6) is 0 Å². The third kappa shape index (κ3) is 5.77. The zero-order valence-corrected chi connectivity index (χ0v) is 13.7. The van der Waals surface area contributed by atoms with Crippen molar-refractivity contribution >= 4 is 5.97 Å². The van der Waals surface area contributed by atoms with Crippen molar-refractivity contribution in [3.8, 4) is 0 Å².